The number of halogens is 3. The highest BCUT2D eigenvalue weighted by atomic mass is 79.9. The van der Waals surface area contributed by atoms with Crippen LogP contribution in [0.2, 0.25) is 0 Å². The van der Waals surface area contributed by atoms with E-state index in [-0.39, 0.29) is 11.3 Å². The van der Waals surface area contributed by atoms with Crippen LogP contribution in [0, 0.1) is 11.6 Å². The Morgan fingerprint density at radius 1 is 1.06 bits per heavy atom. The number of aromatic nitrogens is 2. The van der Waals surface area contributed by atoms with Gasteiger partial charge in [-0.1, -0.05) is 22.0 Å². The number of hydrogen-bond acceptors (Lipinski definition) is 5. The number of anilines is 4. The molecular weight excluding hydrogens is 506 g/mol. The van der Waals surface area contributed by atoms with Crippen molar-refractivity contribution in [2.75, 3.05) is 16.8 Å². The van der Waals surface area contributed by atoms with Crippen molar-refractivity contribution in [3.05, 3.63) is 94.1 Å². The van der Waals surface area contributed by atoms with Crippen LogP contribution in [0.15, 0.2) is 71.3 Å². The fraction of sp³-hybridized carbons (Fsp3) is 0.0800. The quantitative estimate of drug-likeness (QED) is 0.326. The number of nitrogens with one attached hydrogen (secondary N) is 1. The summed E-state index contributed by atoms with van der Waals surface area (Å²) in [4.78, 5) is 21.8. The lowest BCUT2D eigenvalue weighted by molar-refractivity contribution is 0.0697. The molecule has 1 aliphatic rings. The van der Waals surface area contributed by atoms with E-state index in [9.17, 15) is 13.6 Å². The summed E-state index contributed by atoms with van der Waals surface area (Å²) in [6.07, 6.45) is 2.17. The topological polar surface area (TPSA) is 78.3 Å². The Morgan fingerprint density at radius 3 is 2.50 bits per heavy atom. The third-order valence-corrected chi connectivity index (χ3v) is 6.06. The van der Waals surface area contributed by atoms with E-state index < -0.39 is 17.6 Å². The smallest absolute Gasteiger partial charge is 0.335 e. The second kappa shape index (κ2) is 8.83. The van der Waals surface area contributed by atoms with E-state index in [1.54, 1.807) is 23.2 Å². The molecule has 0 radical (unpaired) electrons. The third-order valence-electron chi connectivity index (χ3n) is 5.57. The van der Waals surface area contributed by atoms with E-state index >= 15 is 0 Å². The molecule has 2 heterocycles. The van der Waals surface area contributed by atoms with Gasteiger partial charge in [0.25, 0.3) is 0 Å². The average Bonchev–Trinajstić information content (AvgIpc) is 2.96. The fourth-order valence-electron chi connectivity index (χ4n) is 3.97. The molecule has 9 heteroatoms. The monoisotopic (exact) mass is 522 g/mol. The minimum atomic E-state index is -1.01. The number of nitrogens with zero attached hydrogens (tertiary/aromatic N) is 3. The number of carboxylic acids is 1. The van der Waals surface area contributed by atoms with Gasteiger partial charge in [0.05, 0.1) is 16.9 Å². The van der Waals surface area contributed by atoms with Crippen LogP contribution in [0.4, 0.5) is 31.8 Å². The fourth-order valence-corrected chi connectivity index (χ4v) is 4.32. The summed E-state index contributed by atoms with van der Waals surface area (Å²) in [6.45, 7) is 0.334. The van der Waals surface area contributed by atoms with Gasteiger partial charge < -0.3 is 15.3 Å². The molecule has 1 aromatic heterocycles. The van der Waals surface area contributed by atoms with Crippen LogP contribution in [0.3, 0.4) is 0 Å². The van der Waals surface area contributed by atoms with Gasteiger partial charge in [0.15, 0.2) is 0 Å². The van der Waals surface area contributed by atoms with Gasteiger partial charge in [-0.3, -0.25) is 0 Å². The normalized spacial score (nSPS) is 12.5. The predicted molar refractivity (Wildman–Crippen MR) is 129 cm³/mol. The maximum atomic E-state index is 14.7. The first-order chi connectivity index (χ1) is 16.4. The summed E-state index contributed by atoms with van der Waals surface area (Å²) in [6, 6.07) is 15.6. The number of rotatable bonds is 4. The number of carbonyl (C=O) groups is 1. The van der Waals surface area contributed by atoms with Crippen molar-refractivity contribution < 1.29 is 18.7 Å². The van der Waals surface area contributed by atoms with Crippen LogP contribution >= 0.6 is 15.9 Å². The Hall–Kier alpha value is -3.85. The van der Waals surface area contributed by atoms with E-state index in [1.807, 2.05) is 18.2 Å². The molecule has 0 saturated carbocycles. The molecule has 0 fully saturated rings. The van der Waals surface area contributed by atoms with Crippen molar-refractivity contribution in [3.8, 4) is 11.3 Å². The lowest BCUT2D eigenvalue weighted by Crippen LogP contribution is -2.21. The number of fused-ring (bicyclic) bond motifs is 3. The van der Waals surface area contributed by atoms with Gasteiger partial charge in [-0.15, -0.1) is 0 Å². The second-order valence-corrected chi connectivity index (χ2v) is 8.62. The molecule has 0 spiro atoms. The zero-order chi connectivity index (χ0) is 23.8. The minimum absolute atomic E-state index is 0.112. The Bertz CT molecular complexity index is 1390. The SMILES string of the molecule is O=C(O)c1ccc(Nc2ncc3c(n2)-c2ccc(Br)cc2N(c2c(F)cccc2F)CC3)cc1. The van der Waals surface area contributed by atoms with Crippen molar-refractivity contribution in [1.29, 1.82) is 0 Å². The first-order valence-electron chi connectivity index (χ1n) is 10.4. The zero-order valence-corrected chi connectivity index (χ0v) is 19.2. The first kappa shape index (κ1) is 22.0. The Labute approximate surface area is 202 Å². The Kier molecular flexibility index (Phi) is 5.70. The Balaban J connectivity index is 1.57. The number of hydrogen-bond donors (Lipinski definition) is 2. The van der Waals surface area contributed by atoms with E-state index in [2.05, 4.69) is 26.2 Å². The second-order valence-electron chi connectivity index (χ2n) is 7.71. The highest BCUT2D eigenvalue weighted by molar-refractivity contribution is 9.10. The number of carboxylic acid groups (broad SMARTS) is 1. The summed E-state index contributed by atoms with van der Waals surface area (Å²) in [5.41, 5.74) is 3.52. The summed E-state index contributed by atoms with van der Waals surface area (Å²) in [7, 11) is 0. The average molecular weight is 523 g/mol. The summed E-state index contributed by atoms with van der Waals surface area (Å²) >= 11 is 3.47. The van der Waals surface area contributed by atoms with Gasteiger partial charge in [-0.05, 0) is 66.6 Å². The predicted octanol–water partition coefficient (Wildman–Crippen LogP) is 6.32. The lowest BCUT2D eigenvalue weighted by Gasteiger charge is -2.26. The van der Waals surface area contributed by atoms with Crippen molar-refractivity contribution in [3.63, 3.8) is 0 Å². The molecule has 0 bridgehead atoms. The maximum absolute atomic E-state index is 14.7. The van der Waals surface area contributed by atoms with Crippen LogP contribution in [0.5, 0.6) is 0 Å². The standard InChI is InChI=1S/C25H17BrF2N4O2/c26-16-6-9-18-21(12-16)32(23-19(27)2-1-3-20(23)28)11-10-15-13-29-25(31-22(15)18)30-17-7-4-14(5-8-17)24(33)34/h1-9,12-13H,10-11H2,(H,33,34)(H,29,30,31). The summed E-state index contributed by atoms with van der Waals surface area (Å²) < 4.78 is 30.2. The van der Waals surface area contributed by atoms with Crippen molar-refractivity contribution >= 4 is 44.9 Å². The van der Waals surface area contributed by atoms with Gasteiger partial charge in [0.2, 0.25) is 5.95 Å². The van der Waals surface area contributed by atoms with E-state index in [1.165, 1.54) is 30.3 Å². The van der Waals surface area contributed by atoms with Crippen LogP contribution in [-0.2, 0) is 6.42 Å². The van der Waals surface area contributed by atoms with Crippen LogP contribution in [0.25, 0.3) is 11.3 Å². The van der Waals surface area contributed by atoms with Gasteiger partial charge in [0, 0.05) is 28.5 Å². The molecule has 5 rings (SSSR count). The van der Waals surface area contributed by atoms with Gasteiger partial charge in [0.1, 0.15) is 17.3 Å². The zero-order valence-electron chi connectivity index (χ0n) is 17.6. The molecule has 34 heavy (non-hydrogen) atoms. The Morgan fingerprint density at radius 2 is 1.79 bits per heavy atom. The van der Waals surface area contributed by atoms with Crippen molar-refractivity contribution in [1.82, 2.24) is 9.97 Å². The van der Waals surface area contributed by atoms with Gasteiger partial charge >= 0.3 is 5.97 Å². The number of para-hydroxylation sites is 1. The molecule has 2 N–H and O–H groups in total. The highest BCUT2D eigenvalue weighted by Gasteiger charge is 2.26. The largest absolute Gasteiger partial charge is 0.478 e. The summed E-state index contributed by atoms with van der Waals surface area (Å²) in [5.74, 6) is -1.97. The molecule has 0 saturated heterocycles. The molecule has 1 aliphatic heterocycles. The van der Waals surface area contributed by atoms with Crippen LogP contribution in [0.1, 0.15) is 15.9 Å². The number of benzene rings is 3. The van der Waals surface area contributed by atoms with E-state index in [0.29, 0.717) is 41.5 Å². The van der Waals surface area contributed by atoms with Crippen molar-refractivity contribution in [2.45, 2.75) is 6.42 Å². The van der Waals surface area contributed by atoms with Crippen molar-refractivity contribution in [2.24, 2.45) is 0 Å². The highest BCUT2D eigenvalue weighted by Crippen LogP contribution is 2.42. The molecule has 3 aromatic carbocycles. The molecule has 170 valence electrons. The summed E-state index contributed by atoms with van der Waals surface area (Å²) in [5, 5.41) is 12.2. The minimum Gasteiger partial charge on any atom is -0.478 e. The maximum Gasteiger partial charge on any atom is 0.335 e. The molecule has 4 aromatic rings. The number of aromatic carboxylic acids is 1. The van der Waals surface area contributed by atoms with Gasteiger partial charge in [-0.2, -0.15) is 0 Å². The molecule has 0 unspecified atom stereocenters. The molecule has 0 atom stereocenters. The molecule has 0 amide bonds. The van der Waals surface area contributed by atoms with E-state index in [4.69, 9.17) is 10.1 Å². The third kappa shape index (κ3) is 4.10. The van der Waals surface area contributed by atoms with Gasteiger partial charge in [-0.25, -0.2) is 23.5 Å². The van der Waals surface area contributed by atoms with Crippen LogP contribution < -0.4 is 10.2 Å². The molecule has 6 nitrogen and oxygen atoms in total. The van der Waals surface area contributed by atoms with E-state index in [0.717, 1.165) is 10.0 Å². The lowest BCUT2D eigenvalue weighted by atomic mass is 10.1. The van der Waals surface area contributed by atoms with Crippen LogP contribution in [-0.4, -0.2) is 27.6 Å². The molecule has 0 aliphatic carbocycles. The molecular formula is C25H17BrF2N4O2. The first-order valence-corrected chi connectivity index (χ1v) is 11.2.